The molecule has 1 rings (SSSR count). The average molecular weight is 232 g/mol. The van der Waals surface area contributed by atoms with Crippen LogP contribution in [0.4, 0.5) is 4.39 Å². The van der Waals surface area contributed by atoms with Crippen molar-refractivity contribution >= 4 is 12.0 Å². The molecule has 17 heavy (non-hydrogen) atoms. The van der Waals surface area contributed by atoms with Crippen molar-refractivity contribution in [1.29, 1.82) is 0 Å². The van der Waals surface area contributed by atoms with Crippen LogP contribution in [-0.2, 0) is 9.53 Å². The first-order chi connectivity index (χ1) is 8.24. The summed E-state index contributed by atoms with van der Waals surface area (Å²) in [4.78, 5) is 11.2. The third-order valence-electron chi connectivity index (χ3n) is 2.00. The van der Waals surface area contributed by atoms with E-state index in [4.69, 9.17) is 11.2 Å². The number of carbonyl (C=O) groups is 1. The maximum atomic E-state index is 13.2. The third kappa shape index (κ3) is 4.98. The Labute approximate surface area is 100 Å². The minimum atomic E-state index is -0.368. The zero-order chi connectivity index (χ0) is 12.5. The highest BCUT2D eigenvalue weighted by Gasteiger charge is 1.99. The standard InChI is InChI=1S/C14H13FO2/c1-2-3-11-17-14(16)10-6-8-12-7-4-5-9-13(12)15/h1,4-9H,3,10-11H2. The van der Waals surface area contributed by atoms with Crippen molar-refractivity contribution in [2.24, 2.45) is 0 Å². The molecule has 0 atom stereocenters. The molecular formula is C14H13FO2. The van der Waals surface area contributed by atoms with E-state index >= 15 is 0 Å². The number of ether oxygens (including phenoxy) is 1. The Morgan fingerprint density at radius 1 is 1.47 bits per heavy atom. The lowest BCUT2D eigenvalue weighted by atomic mass is 10.2. The van der Waals surface area contributed by atoms with Gasteiger partial charge in [-0.15, -0.1) is 12.3 Å². The molecule has 0 N–H and O–H groups in total. The Hall–Kier alpha value is -2.08. The highest BCUT2D eigenvalue weighted by atomic mass is 19.1. The minimum absolute atomic E-state index is 0.110. The molecule has 0 unspecified atom stereocenters. The molecule has 88 valence electrons. The van der Waals surface area contributed by atoms with E-state index in [0.29, 0.717) is 12.0 Å². The van der Waals surface area contributed by atoms with Crippen LogP contribution in [0.2, 0.25) is 0 Å². The van der Waals surface area contributed by atoms with Gasteiger partial charge in [-0.05, 0) is 6.07 Å². The molecule has 0 aliphatic rings. The molecule has 0 fully saturated rings. The molecule has 0 heterocycles. The number of hydrogen-bond donors (Lipinski definition) is 0. The van der Waals surface area contributed by atoms with E-state index in [-0.39, 0.29) is 24.8 Å². The number of halogens is 1. The highest BCUT2D eigenvalue weighted by molar-refractivity contribution is 5.72. The number of rotatable bonds is 5. The number of benzene rings is 1. The maximum absolute atomic E-state index is 13.2. The fraction of sp³-hybridized carbons (Fsp3) is 0.214. The fourth-order valence-corrected chi connectivity index (χ4v) is 1.18. The molecule has 0 amide bonds. The van der Waals surface area contributed by atoms with Crippen LogP contribution < -0.4 is 0 Å². The number of hydrogen-bond acceptors (Lipinski definition) is 2. The molecule has 3 heteroatoms. The summed E-state index contributed by atoms with van der Waals surface area (Å²) in [5.74, 6) is 1.68. The van der Waals surface area contributed by atoms with Crippen LogP contribution in [0, 0.1) is 18.2 Å². The minimum Gasteiger partial charge on any atom is -0.464 e. The Morgan fingerprint density at radius 3 is 2.94 bits per heavy atom. The van der Waals surface area contributed by atoms with Gasteiger partial charge in [-0.3, -0.25) is 4.79 Å². The van der Waals surface area contributed by atoms with Gasteiger partial charge in [-0.2, -0.15) is 0 Å². The van der Waals surface area contributed by atoms with Crippen molar-refractivity contribution in [3.8, 4) is 12.3 Å². The van der Waals surface area contributed by atoms with Crippen LogP contribution in [0.15, 0.2) is 30.3 Å². The molecule has 0 aromatic heterocycles. The van der Waals surface area contributed by atoms with Gasteiger partial charge in [-0.25, -0.2) is 4.39 Å². The van der Waals surface area contributed by atoms with E-state index in [0.717, 1.165) is 0 Å². The number of esters is 1. The lowest BCUT2D eigenvalue weighted by molar-refractivity contribution is -0.142. The first-order valence-corrected chi connectivity index (χ1v) is 5.24. The average Bonchev–Trinajstić information content (AvgIpc) is 2.32. The molecule has 1 aromatic carbocycles. The molecule has 0 saturated heterocycles. The molecule has 1 aromatic rings. The van der Waals surface area contributed by atoms with E-state index in [1.54, 1.807) is 30.4 Å². The SMILES string of the molecule is C#CCCOC(=O)CC=Cc1ccccc1F. The molecule has 2 nitrogen and oxygen atoms in total. The number of carbonyl (C=O) groups excluding carboxylic acids is 1. The third-order valence-corrected chi connectivity index (χ3v) is 2.00. The van der Waals surface area contributed by atoms with Gasteiger partial charge in [0.25, 0.3) is 0 Å². The molecule has 0 radical (unpaired) electrons. The van der Waals surface area contributed by atoms with Crippen molar-refractivity contribution < 1.29 is 13.9 Å². The largest absolute Gasteiger partial charge is 0.464 e. The van der Waals surface area contributed by atoms with E-state index < -0.39 is 0 Å². The summed E-state index contributed by atoms with van der Waals surface area (Å²) in [6.45, 7) is 0.225. The van der Waals surface area contributed by atoms with Gasteiger partial charge in [0, 0.05) is 12.0 Å². The molecular weight excluding hydrogens is 219 g/mol. The fourth-order valence-electron chi connectivity index (χ4n) is 1.18. The topological polar surface area (TPSA) is 26.3 Å². The smallest absolute Gasteiger partial charge is 0.309 e. The second-order valence-electron chi connectivity index (χ2n) is 3.30. The van der Waals surface area contributed by atoms with Gasteiger partial charge >= 0.3 is 5.97 Å². The van der Waals surface area contributed by atoms with E-state index in [1.165, 1.54) is 6.07 Å². The van der Waals surface area contributed by atoms with Gasteiger partial charge in [0.05, 0.1) is 6.42 Å². The van der Waals surface area contributed by atoms with Gasteiger partial charge < -0.3 is 4.74 Å². The Bertz CT molecular complexity index is 444. The highest BCUT2D eigenvalue weighted by Crippen LogP contribution is 2.08. The quantitative estimate of drug-likeness (QED) is 0.443. The Balaban J connectivity index is 2.38. The van der Waals surface area contributed by atoms with Crippen LogP contribution in [0.5, 0.6) is 0 Å². The first-order valence-electron chi connectivity index (χ1n) is 5.24. The predicted octanol–water partition coefficient (Wildman–Crippen LogP) is 2.80. The van der Waals surface area contributed by atoms with Crippen LogP contribution in [-0.4, -0.2) is 12.6 Å². The van der Waals surface area contributed by atoms with E-state index in [2.05, 4.69) is 5.92 Å². The summed E-state index contributed by atoms with van der Waals surface area (Å²) in [5.41, 5.74) is 0.448. The zero-order valence-corrected chi connectivity index (χ0v) is 9.36. The van der Waals surface area contributed by atoms with Crippen molar-refractivity contribution in [2.75, 3.05) is 6.61 Å². The molecule has 0 aliphatic carbocycles. The molecule has 0 bridgehead atoms. The van der Waals surface area contributed by atoms with Crippen molar-refractivity contribution in [3.63, 3.8) is 0 Å². The molecule has 0 saturated carbocycles. The van der Waals surface area contributed by atoms with Crippen LogP contribution in [0.3, 0.4) is 0 Å². The molecule has 0 aliphatic heterocycles. The lowest BCUT2D eigenvalue weighted by Gasteiger charge is -1.99. The Morgan fingerprint density at radius 2 is 2.24 bits per heavy atom. The van der Waals surface area contributed by atoms with Gasteiger partial charge in [-0.1, -0.05) is 30.4 Å². The summed E-state index contributed by atoms with van der Waals surface area (Å²) in [5, 5.41) is 0. The monoisotopic (exact) mass is 232 g/mol. The van der Waals surface area contributed by atoms with Crippen molar-refractivity contribution in [1.82, 2.24) is 0 Å². The predicted molar refractivity (Wildman–Crippen MR) is 64.5 cm³/mol. The van der Waals surface area contributed by atoms with Crippen LogP contribution >= 0.6 is 0 Å². The van der Waals surface area contributed by atoms with Crippen molar-refractivity contribution in [2.45, 2.75) is 12.8 Å². The van der Waals surface area contributed by atoms with Crippen LogP contribution in [0.1, 0.15) is 18.4 Å². The van der Waals surface area contributed by atoms with Gasteiger partial charge in [0.15, 0.2) is 0 Å². The zero-order valence-electron chi connectivity index (χ0n) is 9.36. The maximum Gasteiger partial charge on any atom is 0.309 e. The van der Waals surface area contributed by atoms with Gasteiger partial charge in [0.1, 0.15) is 12.4 Å². The number of terminal acetylenes is 1. The molecule has 0 spiro atoms. The normalized spacial score (nSPS) is 10.1. The second kappa shape index (κ2) is 7.24. The second-order valence-corrected chi connectivity index (χ2v) is 3.30. The summed E-state index contributed by atoms with van der Waals surface area (Å²) >= 11 is 0. The van der Waals surface area contributed by atoms with Crippen molar-refractivity contribution in [3.05, 3.63) is 41.7 Å². The summed E-state index contributed by atoms with van der Waals surface area (Å²) in [6.07, 6.45) is 8.65. The van der Waals surface area contributed by atoms with Gasteiger partial charge in [0.2, 0.25) is 0 Å². The Kier molecular flexibility index (Phi) is 5.53. The van der Waals surface area contributed by atoms with E-state index in [1.807, 2.05) is 0 Å². The van der Waals surface area contributed by atoms with E-state index in [9.17, 15) is 9.18 Å². The van der Waals surface area contributed by atoms with Crippen LogP contribution in [0.25, 0.3) is 6.08 Å². The summed E-state index contributed by atoms with van der Waals surface area (Å²) < 4.78 is 18.0. The first kappa shape index (κ1) is 13.0. The lowest BCUT2D eigenvalue weighted by Crippen LogP contribution is -2.03. The summed E-state index contributed by atoms with van der Waals surface area (Å²) in [7, 11) is 0. The summed E-state index contributed by atoms with van der Waals surface area (Å²) in [6, 6.07) is 6.34.